The van der Waals surface area contributed by atoms with Crippen LogP contribution in [-0.4, -0.2) is 70.9 Å². The molecule has 0 bridgehead atoms. The van der Waals surface area contributed by atoms with Crippen LogP contribution in [0.4, 0.5) is 11.6 Å². The van der Waals surface area contributed by atoms with Crippen molar-refractivity contribution in [3.05, 3.63) is 72.7 Å². The summed E-state index contributed by atoms with van der Waals surface area (Å²) in [6.07, 6.45) is 3.81. The standard InChI is InChI=1S/C26H31N7O/c1-19(20-7-5-4-6-8-20)29-26-27-12-11-25(30-26)33-18-28-23-15-21(9-10-24(23)33)32(3)17-22-16-31(2)13-14-34-22/h4-12,15,18-19,22H,13-14,16-17H2,1-3H3,(H,27,29,30)/t19-,22?/m0/s1. The number of benzene rings is 2. The van der Waals surface area contributed by atoms with Gasteiger partial charge in [0.15, 0.2) is 0 Å². The van der Waals surface area contributed by atoms with Crippen molar-refractivity contribution in [1.82, 2.24) is 24.4 Å². The third kappa shape index (κ3) is 4.88. The Bertz CT molecular complexity index is 1240. The lowest BCUT2D eigenvalue weighted by Crippen LogP contribution is -2.45. The van der Waals surface area contributed by atoms with E-state index in [1.165, 1.54) is 5.56 Å². The third-order valence-electron chi connectivity index (χ3n) is 6.32. The SMILES string of the molecule is C[C@H](Nc1nccc(-n2cnc3cc(N(C)CC4CN(C)CCO4)ccc32)n1)c1ccccc1. The molecule has 0 amide bonds. The number of rotatable bonds is 7. The van der Waals surface area contributed by atoms with E-state index in [1.54, 1.807) is 6.20 Å². The summed E-state index contributed by atoms with van der Waals surface area (Å²) in [5.74, 6) is 1.37. The summed E-state index contributed by atoms with van der Waals surface area (Å²) in [4.78, 5) is 18.4. The van der Waals surface area contributed by atoms with Crippen LogP contribution in [0.2, 0.25) is 0 Å². The third-order valence-corrected chi connectivity index (χ3v) is 6.32. The van der Waals surface area contributed by atoms with Crippen molar-refractivity contribution in [2.45, 2.75) is 19.1 Å². The second kappa shape index (κ2) is 9.79. The van der Waals surface area contributed by atoms with Crippen LogP contribution < -0.4 is 10.2 Å². The Kier molecular flexibility index (Phi) is 6.42. The van der Waals surface area contributed by atoms with Crippen LogP contribution in [0.3, 0.4) is 0 Å². The number of morpholine rings is 1. The van der Waals surface area contributed by atoms with Crippen LogP contribution in [0.1, 0.15) is 18.5 Å². The quantitative estimate of drug-likeness (QED) is 0.453. The van der Waals surface area contributed by atoms with Gasteiger partial charge in [0.25, 0.3) is 0 Å². The van der Waals surface area contributed by atoms with Gasteiger partial charge in [-0.05, 0) is 43.8 Å². The first-order valence-corrected chi connectivity index (χ1v) is 11.7. The van der Waals surface area contributed by atoms with Crippen LogP contribution in [0, 0.1) is 0 Å². The summed E-state index contributed by atoms with van der Waals surface area (Å²) in [5, 5.41) is 3.40. The van der Waals surface area contributed by atoms with Gasteiger partial charge in [-0.1, -0.05) is 30.3 Å². The van der Waals surface area contributed by atoms with Gasteiger partial charge in [0.1, 0.15) is 12.1 Å². The molecule has 8 nitrogen and oxygen atoms in total. The number of ether oxygens (including phenoxy) is 1. The van der Waals surface area contributed by atoms with Crippen molar-refractivity contribution in [2.24, 2.45) is 0 Å². The predicted molar refractivity (Wildman–Crippen MR) is 136 cm³/mol. The zero-order valence-corrected chi connectivity index (χ0v) is 19.9. The molecule has 0 aliphatic carbocycles. The van der Waals surface area contributed by atoms with E-state index in [0.717, 1.165) is 48.8 Å². The summed E-state index contributed by atoms with van der Waals surface area (Å²) in [6, 6.07) is 18.6. The van der Waals surface area contributed by atoms with Gasteiger partial charge in [0.05, 0.1) is 29.8 Å². The molecule has 1 aliphatic rings. The topological polar surface area (TPSA) is 71.3 Å². The molecule has 4 aromatic rings. The Morgan fingerprint density at radius 1 is 1.15 bits per heavy atom. The molecule has 176 valence electrons. The van der Waals surface area contributed by atoms with E-state index in [-0.39, 0.29) is 12.1 Å². The van der Waals surface area contributed by atoms with Crippen LogP contribution >= 0.6 is 0 Å². The molecule has 0 saturated carbocycles. The van der Waals surface area contributed by atoms with Crippen LogP contribution in [0.5, 0.6) is 0 Å². The largest absolute Gasteiger partial charge is 0.374 e. The average molecular weight is 458 g/mol. The maximum Gasteiger partial charge on any atom is 0.225 e. The molecular weight excluding hydrogens is 426 g/mol. The second-order valence-electron chi connectivity index (χ2n) is 8.94. The Hall–Kier alpha value is -3.49. The molecule has 1 unspecified atom stereocenters. The molecule has 1 aliphatic heterocycles. The minimum absolute atomic E-state index is 0.0991. The van der Waals surface area contributed by atoms with Gasteiger partial charge < -0.3 is 19.9 Å². The van der Waals surface area contributed by atoms with E-state index in [9.17, 15) is 0 Å². The molecule has 34 heavy (non-hydrogen) atoms. The minimum atomic E-state index is 0.0991. The molecule has 2 atom stereocenters. The van der Waals surface area contributed by atoms with Gasteiger partial charge in [0.2, 0.25) is 5.95 Å². The van der Waals surface area contributed by atoms with Gasteiger partial charge in [-0.2, -0.15) is 4.98 Å². The number of hydrogen-bond donors (Lipinski definition) is 1. The van der Waals surface area contributed by atoms with Crippen LogP contribution in [0.15, 0.2) is 67.1 Å². The highest BCUT2D eigenvalue weighted by molar-refractivity contribution is 5.81. The van der Waals surface area contributed by atoms with E-state index < -0.39 is 0 Å². The van der Waals surface area contributed by atoms with Crippen molar-refractivity contribution >= 4 is 22.7 Å². The first-order valence-electron chi connectivity index (χ1n) is 11.7. The zero-order valence-electron chi connectivity index (χ0n) is 19.9. The van der Waals surface area contributed by atoms with E-state index in [2.05, 4.69) is 76.4 Å². The van der Waals surface area contributed by atoms with E-state index in [4.69, 9.17) is 9.72 Å². The highest BCUT2D eigenvalue weighted by Crippen LogP contribution is 2.24. The number of nitrogens with zero attached hydrogens (tertiary/aromatic N) is 6. The summed E-state index contributed by atoms with van der Waals surface area (Å²) >= 11 is 0. The number of imidazole rings is 1. The second-order valence-corrected chi connectivity index (χ2v) is 8.94. The lowest BCUT2D eigenvalue weighted by Gasteiger charge is -2.33. The normalized spacial score (nSPS) is 17.6. The summed E-state index contributed by atoms with van der Waals surface area (Å²) in [6.45, 7) is 5.69. The van der Waals surface area contributed by atoms with E-state index >= 15 is 0 Å². The predicted octanol–water partition coefficient (Wildman–Crippen LogP) is 3.76. The van der Waals surface area contributed by atoms with Crippen molar-refractivity contribution in [1.29, 1.82) is 0 Å². The number of nitrogens with one attached hydrogen (secondary N) is 1. The average Bonchev–Trinajstić information content (AvgIpc) is 3.28. The lowest BCUT2D eigenvalue weighted by molar-refractivity contribution is -0.0142. The zero-order chi connectivity index (χ0) is 23.5. The van der Waals surface area contributed by atoms with Crippen molar-refractivity contribution < 1.29 is 4.74 Å². The highest BCUT2D eigenvalue weighted by atomic mass is 16.5. The highest BCUT2D eigenvalue weighted by Gasteiger charge is 2.20. The molecular formula is C26H31N7O. The van der Waals surface area contributed by atoms with Gasteiger partial charge in [-0.3, -0.25) is 4.57 Å². The fourth-order valence-corrected chi connectivity index (χ4v) is 4.38. The van der Waals surface area contributed by atoms with Gasteiger partial charge in [0, 0.05) is 38.6 Å². The Morgan fingerprint density at radius 2 is 2.00 bits per heavy atom. The number of aromatic nitrogens is 4. The van der Waals surface area contributed by atoms with Crippen LogP contribution in [0.25, 0.3) is 16.9 Å². The molecule has 1 saturated heterocycles. The molecule has 2 aromatic heterocycles. The summed E-state index contributed by atoms with van der Waals surface area (Å²) < 4.78 is 7.93. The van der Waals surface area contributed by atoms with Crippen LogP contribution in [-0.2, 0) is 4.74 Å². The first-order chi connectivity index (χ1) is 16.6. The number of hydrogen-bond acceptors (Lipinski definition) is 7. The number of anilines is 2. The molecule has 1 fully saturated rings. The van der Waals surface area contributed by atoms with Gasteiger partial charge in [-0.15, -0.1) is 0 Å². The maximum atomic E-state index is 5.93. The van der Waals surface area contributed by atoms with Gasteiger partial charge >= 0.3 is 0 Å². The molecule has 5 rings (SSSR count). The van der Waals surface area contributed by atoms with Crippen molar-refractivity contribution in [2.75, 3.05) is 50.6 Å². The lowest BCUT2D eigenvalue weighted by atomic mass is 10.1. The fraction of sp³-hybridized carbons (Fsp3) is 0.346. The van der Waals surface area contributed by atoms with E-state index in [1.807, 2.05) is 35.2 Å². The molecule has 1 N–H and O–H groups in total. The molecule has 8 heteroatoms. The van der Waals surface area contributed by atoms with Crippen molar-refractivity contribution in [3.8, 4) is 5.82 Å². The summed E-state index contributed by atoms with van der Waals surface area (Å²) in [7, 11) is 4.25. The smallest absolute Gasteiger partial charge is 0.225 e. The van der Waals surface area contributed by atoms with E-state index in [0.29, 0.717) is 5.95 Å². The Labute approximate surface area is 200 Å². The Balaban J connectivity index is 1.33. The summed E-state index contributed by atoms with van der Waals surface area (Å²) in [5.41, 5.74) is 4.24. The van der Waals surface area contributed by atoms with Gasteiger partial charge in [-0.25, -0.2) is 9.97 Å². The first kappa shape index (κ1) is 22.3. The fourth-order valence-electron chi connectivity index (χ4n) is 4.38. The molecule has 0 spiro atoms. The molecule has 0 radical (unpaired) electrons. The minimum Gasteiger partial charge on any atom is -0.374 e. The Morgan fingerprint density at radius 3 is 2.82 bits per heavy atom. The van der Waals surface area contributed by atoms with Crippen molar-refractivity contribution in [3.63, 3.8) is 0 Å². The molecule has 3 heterocycles. The number of fused-ring (bicyclic) bond motifs is 1. The monoisotopic (exact) mass is 457 g/mol. The molecule has 2 aromatic carbocycles. The maximum absolute atomic E-state index is 5.93. The number of likely N-dealkylation sites (N-methyl/N-ethyl adjacent to an activating group) is 2.